The van der Waals surface area contributed by atoms with Crippen LogP contribution in [0.25, 0.3) is 11.3 Å². The highest BCUT2D eigenvalue weighted by Crippen LogP contribution is 2.32. The van der Waals surface area contributed by atoms with Crippen molar-refractivity contribution in [1.29, 1.82) is 0 Å². The number of pyridine rings is 1. The molecule has 0 aliphatic heterocycles. The van der Waals surface area contributed by atoms with Crippen molar-refractivity contribution < 1.29 is 14.1 Å². The lowest BCUT2D eigenvalue weighted by Crippen LogP contribution is -2.17. The molecule has 3 aromatic rings. The molecule has 0 unspecified atom stereocenters. The van der Waals surface area contributed by atoms with Gasteiger partial charge in [0.1, 0.15) is 11.5 Å². The van der Waals surface area contributed by atoms with Gasteiger partial charge in [0.15, 0.2) is 0 Å². The molecule has 0 aliphatic carbocycles. The number of carbonyl (C=O) groups is 1. The summed E-state index contributed by atoms with van der Waals surface area (Å²) in [6, 6.07) is 8.97. The average molecular weight is 450 g/mol. The summed E-state index contributed by atoms with van der Waals surface area (Å²) in [5, 5.41) is 14.8. The predicted molar refractivity (Wildman–Crippen MR) is 103 cm³/mol. The molecule has 136 valence electrons. The average Bonchev–Trinajstić information content (AvgIpc) is 3.10. The van der Waals surface area contributed by atoms with E-state index in [1.54, 1.807) is 24.4 Å². The number of nitro benzene ring substituents is 1. The number of non-ortho nitro benzene ring substituents is 1. The number of rotatable bonds is 5. The van der Waals surface area contributed by atoms with Gasteiger partial charge >= 0.3 is 0 Å². The quantitative estimate of drug-likeness (QED) is 0.352. The Morgan fingerprint density at radius 1 is 1.30 bits per heavy atom. The minimum Gasteiger partial charge on any atom is -0.455 e. The van der Waals surface area contributed by atoms with E-state index in [0.717, 1.165) is 0 Å². The number of halogens is 2. The number of nitrogens with zero attached hydrogens (tertiary/aromatic N) is 3. The van der Waals surface area contributed by atoms with E-state index in [0.29, 0.717) is 27.1 Å². The van der Waals surface area contributed by atoms with Crippen LogP contribution in [0.5, 0.6) is 0 Å². The molecule has 0 spiro atoms. The highest BCUT2D eigenvalue weighted by Gasteiger charge is 2.13. The Morgan fingerprint density at radius 2 is 2.11 bits per heavy atom. The summed E-state index contributed by atoms with van der Waals surface area (Å²) in [5.74, 6) is 0.358. The van der Waals surface area contributed by atoms with Gasteiger partial charge in [-0.15, -0.1) is 0 Å². The van der Waals surface area contributed by atoms with Gasteiger partial charge in [-0.3, -0.25) is 19.9 Å². The van der Waals surface area contributed by atoms with Crippen LogP contribution in [0.15, 0.2) is 62.8 Å². The predicted octanol–water partition coefficient (Wildman–Crippen LogP) is 4.43. The fourth-order valence-corrected chi connectivity index (χ4v) is 2.77. The molecule has 1 amide bonds. The number of amides is 1. The first-order valence-corrected chi connectivity index (χ1v) is 8.59. The molecule has 0 fully saturated rings. The molecule has 1 N–H and O–H groups in total. The molecule has 10 heteroatoms. The van der Waals surface area contributed by atoms with Gasteiger partial charge in [-0.05, 0) is 40.2 Å². The largest absolute Gasteiger partial charge is 0.455 e. The zero-order valence-corrected chi connectivity index (χ0v) is 15.8. The van der Waals surface area contributed by atoms with Crippen molar-refractivity contribution in [2.45, 2.75) is 0 Å². The number of hydrogen-bond donors (Lipinski definition) is 1. The monoisotopic (exact) mass is 448 g/mol. The molecule has 2 heterocycles. The van der Waals surface area contributed by atoms with Crippen LogP contribution < -0.4 is 5.43 Å². The first-order chi connectivity index (χ1) is 12.9. The summed E-state index contributed by atoms with van der Waals surface area (Å²) >= 11 is 9.31. The van der Waals surface area contributed by atoms with E-state index in [2.05, 4.69) is 31.4 Å². The van der Waals surface area contributed by atoms with E-state index in [1.807, 2.05) is 0 Å². The Labute approximate surface area is 166 Å². The highest BCUT2D eigenvalue weighted by atomic mass is 79.9. The van der Waals surface area contributed by atoms with Gasteiger partial charge in [-0.1, -0.05) is 11.6 Å². The number of furan rings is 1. The van der Waals surface area contributed by atoms with E-state index < -0.39 is 10.8 Å². The van der Waals surface area contributed by atoms with Crippen molar-refractivity contribution in [3.63, 3.8) is 0 Å². The van der Waals surface area contributed by atoms with Crippen LogP contribution in [0.4, 0.5) is 5.69 Å². The normalized spacial score (nSPS) is 10.9. The van der Waals surface area contributed by atoms with Gasteiger partial charge in [-0.25, -0.2) is 5.43 Å². The molecule has 0 aliphatic rings. The molecule has 27 heavy (non-hydrogen) atoms. The third kappa shape index (κ3) is 4.57. The van der Waals surface area contributed by atoms with Gasteiger partial charge in [0, 0.05) is 34.6 Å². The third-order valence-electron chi connectivity index (χ3n) is 3.38. The van der Waals surface area contributed by atoms with Crippen molar-refractivity contribution >= 4 is 45.3 Å². The molecule has 0 saturated heterocycles. The van der Waals surface area contributed by atoms with Crippen molar-refractivity contribution in [3.05, 3.63) is 79.7 Å². The lowest BCUT2D eigenvalue weighted by atomic mass is 10.1. The maximum Gasteiger partial charge on any atom is 0.272 e. The van der Waals surface area contributed by atoms with Crippen LogP contribution in [0.2, 0.25) is 5.02 Å². The molecular weight excluding hydrogens is 440 g/mol. The van der Waals surface area contributed by atoms with E-state index in [-0.39, 0.29) is 10.7 Å². The molecular formula is C17H10BrClN4O4. The van der Waals surface area contributed by atoms with Crippen LogP contribution in [-0.2, 0) is 0 Å². The van der Waals surface area contributed by atoms with Crippen LogP contribution in [0.3, 0.4) is 0 Å². The Balaban J connectivity index is 1.70. The van der Waals surface area contributed by atoms with Crippen molar-refractivity contribution in [3.8, 4) is 11.3 Å². The Morgan fingerprint density at radius 3 is 2.81 bits per heavy atom. The second-order valence-electron chi connectivity index (χ2n) is 5.21. The first-order valence-electron chi connectivity index (χ1n) is 7.42. The molecule has 0 bridgehead atoms. The van der Waals surface area contributed by atoms with Crippen LogP contribution in [-0.4, -0.2) is 22.0 Å². The number of nitrogens with one attached hydrogen (secondary N) is 1. The summed E-state index contributed by atoms with van der Waals surface area (Å²) in [4.78, 5) is 26.1. The van der Waals surface area contributed by atoms with Gasteiger partial charge in [0.25, 0.3) is 11.6 Å². The van der Waals surface area contributed by atoms with E-state index >= 15 is 0 Å². The third-order valence-corrected chi connectivity index (χ3v) is 4.13. The molecule has 0 radical (unpaired) electrons. The summed E-state index contributed by atoms with van der Waals surface area (Å²) in [5.41, 5.74) is 3.11. The molecule has 2 aromatic heterocycles. The van der Waals surface area contributed by atoms with Gasteiger partial charge < -0.3 is 4.42 Å². The van der Waals surface area contributed by atoms with E-state index in [9.17, 15) is 14.9 Å². The molecule has 8 nitrogen and oxygen atoms in total. The molecule has 0 atom stereocenters. The van der Waals surface area contributed by atoms with E-state index in [4.69, 9.17) is 16.0 Å². The first kappa shape index (κ1) is 18.7. The minimum absolute atomic E-state index is 0.109. The highest BCUT2D eigenvalue weighted by molar-refractivity contribution is 9.10. The van der Waals surface area contributed by atoms with Gasteiger partial charge in [0.2, 0.25) is 0 Å². The standard InChI is InChI=1S/C17H10BrClN4O4/c18-11-5-10(7-20-8-11)17(24)22-21-9-13-2-4-16(27-13)14-3-1-12(23(25)26)6-15(14)19/h1-9H,(H,22,24). The van der Waals surface area contributed by atoms with Crippen molar-refractivity contribution in [1.82, 2.24) is 10.4 Å². The summed E-state index contributed by atoms with van der Waals surface area (Å²) in [6.07, 6.45) is 4.30. The van der Waals surface area contributed by atoms with Gasteiger partial charge in [0.05, 0.1) is 21.7 Å². The molecule has 0 saturated carbocycles. The lowest BCUT2D eigenvalue weighted by molar-refractivity contribution is -0.384. The van der Waals surface area contributed by atoms with Crippen molar-refractivity contribution in [2.24, 2.45) is 5.10 Å². The maximum absolute atomic E-state index is 12.0. The number of benzene rings is 1. The summed E-state index contributed by atoms with van der Waals surface area (Å²) in [6.45, 7) is 0. The van der Waals surface area contributed by atoms with Crippen LogP contribution >= 0.6 is 27.5 Å². The van der Waals surface area contributed by atoms with Crippen molar-refractivity contribution in [2.75, 3.05) is 0 Å². The second-order valence-corrected chi connectivity index (χ2v) is 6.54. The Hall–Kier alpha value is -3.04. The summed E-state index contributed by atoms with van der Waals surface area (Å²) < 4.78 is 6.26. The topological polar surface area (TPSA) is 111 Å². The smallest absolute Gasteiger partial charge is 0.272 e. The molecule has 1 aromatic carbocycles. The van der Waals surface area contributed by atoms with Crippen LogP contribution in [0.1, 0.15) is 16.1 Å². The Bertz CT molecular complexity index is 1050. The maximum atomic E-state index is 12.0. The zero-order chi connectivity index (χ0) is 19.4. The summed E-state index contributed by atoms with van der Waals surface area (Å²) in [7, 11) is 0. The number of carbonyl (C=O) groups excluding carboxylic acids is 1. The lowest BCUT2D eigenvalue weighted by Gasteiger charge is -2.00. The fraction of sp³-hybridized carbons (Fsp3) is 0. The number of aromatic nitrogens is 1. The Kier molecular flexibility index (Phi) is 5.63. The zero-order valence-electron chi connectivity index (χ0n) is 13.4. The molecule has 3 rings (SSSR count). The fourth-order valence-electron chi connectivity index (χ4n) is 2.14. The number of hydrogen-bond acceptors (Lipinski definition) is 6. The SMILES string of the molecule is O=C(NN=Cc1ccc(-c2ccc([N+](=O)[O-])cc2Cl)o1)c1cncc(Br)c1. The second kappa shape index (κ2) is 8.11. The minimum atomic E-state index is -0.528. The van der Waals surface area contributed by atoms with Crippen LogP contribution in [0, 0.1) is 10.1 Å². The number of nitro groups is 1. The number of hydrazone groups is 1. The van der Waals surface area contributed by atoms with Gasteiger partial charge in [-0.2, -0.15) is 5.10 Å². The van der Waals surface area contributed by atoms with E-state index in [1.165, 1.54) is 30.6 Å².